The van der Waals surface area contributed by atoms with Crippen molar-refractivity contribution >= 4 is 13.5 Å². The first-order chi connectivity index (χ1) is 5.17. The molecule has 1 radical (unpaired) electrons. The Morgan fingerprint density at radius 2 is 1.82 bits per heavy atom. The van der Waals surface area contributed by atoms with E-state index in [0.29, 0.717) is 0 Å². The number of rotatable bonds is 2. The van der Waals surface area contributed by atoms with Crippen LogP contribution < -0.4 is 5.19 Å². The molecule has 1 unspecified atom stereocenters. The highest BCUT2D eigenvalue weighted by Crippen LogP contribution is 2.05. The minimum absolute atomic E-state index is 0.775. The summed E-state index contributed by atoms with van der Waals surface area (Å²) in [4.78, 5) is 11.8. The van der Waals surface area contributed by atoms with Gasteiger partial charge in [-0.3, -0.25) is 4.80 Å². The molecule has 1 nitrogen and oxygen atoms in total. The van der Waals surface area contributed by atoms with Gasteiger partial charge in [0, 0.05) is 0 Å². The predicted octanol–water partition coefficient (Wildman–Crippen LogP) is 1.92. The lowest BCUT2D eigenvalue weighted by atomic mass is 10.4. The van der Waals surface area contributed by atoms with Crippen molar-refractivity contribution in [1.82, 2.24) is 0 Å². The number of benzene rings is 1. The maximum absolute atomic E-state index is 11.8. The van der Waals surface area contributed by atoms with Crippen LogP contribution in [0, 0.1) is 0 Å². The van der Waals surface area contributed by atoms with E-state index in [9.17, 15) is 4.80 Å². The van der Waals surface area contributed by atoms with Crippen LogP contribution in [0.25, 0.3) is 0 Å². The van der Waals surface area contributed by atoms with Crippen molar-refractivity contribution < 1.29 is 4.80 Å². The van der Waals surface area contributed by atoms with Gasteiger partial charge >= 0.3 is 0 Å². The molecule has 11 heavy (non-hydrogen) atoms. The van der Waals surface area contributed by atoms with E-state index in [0.717, 1.165) is 11.2 Å². The van der Waals surface area contributed by atoms with E-state index in [4.69, 9.17) is 0 Å². The maximum Gasteiger partial charge on any atom is 0.264 e. The van der Waals surface area contributed by atoms with Crippen molar-refractivity contribution in [2.24, 2.45) is 0 Å². The highest BCUT2D eigenvalue weighted by atomic mass is 28.4. The van der Waals surface area contributed by atoms with Gasteiger partial charge in [-0.2, -0.15) is 0 Å². The standard InChI is InChI=1S/C9H13OSi/c1-3-11(2,10)9-7-5-4-6-8-9/h4-8H,3H2,1-2H3. The third-order valence-corrected chi connectivity index (χ3v) is 4.96. The van der Waals surface area contributed by atoms with Gasteiger partial charge in [0.1, 0.15) is 0 Å². The second-order valence-electron chi connectivity index (χ2n) is 2.95. The fourth-order valence-electron chi connectivity index (χ4n) is 0.995. The largest absolute Gasteiger partial charge is 0.292 e. The van der Waals surface area contributed by atoms with E-state index in [1.54, 1.807) is 0 Å². The molecule has 1 rings (SSSR count). The van der Waals surface area contributed by atoms with Gasteiger partial charge in [0.25, 0.3) is 8.32 Å². The van der Waals surface area contributed by atoms with E-state index in [1.807, 2.05) is 43.8 Å². The van der Waals surface area contributed by atoms with Gasteiger partial charge in [0.15, 0.2) is 0 Å². The summed E-state index contributed by atoms with van der Waals surface area (Å²) in [5.74, 6) is 0. The summed E-state index contributed by atoms with van der Waals surface area (Å²) < 4.78 is 0. The van der Waals surface area contributed by atoms with Crippen LogP contribution in [0.5, 0.6) is 0 Å². The minimum Gasteiger partial charge on any atom is -0.292 e. The molecule has 0 saturated carbocycles. The molecule has 1 atom stereocenters. The van der Waals surface area contributed by atoms with Crippen molar-refractivity contribution in [3.8, 4) is 0 Å². The first-order valence-corrected chi connectivity index (χ1v) is 6.54. The monoisotopic (exact) mass is 165 g/mol. The van der Waals surface area contributed by atoms with Crippen LogP contribution in [0.1, 0.15) is 6.92 Å². The molecule has 0 aliphatic rings. The summed E-state index contributed by atoms with van der Waals surface area (Å²) in [5, 5.41) is 1.02. The van der Waals surface area contributed by atoms with Crippen LogP contribution in [-0.4, -0.2) is 8.32 Å². The topological polar surface area (TPSA) is 19.9 Å². The first-order valence-electron chi connectivity index (χ1n) is 3.93. The quantitative estimate of drug-likeness (QED) is 0.597. The van der Waals surface area contributed by atoms with E-state index in [-0.39, 0.29) is 0 Å². The molecule has 0 aliphatic heterocycles. The number of hydrogen-bond acceptors (Lipinski definition) is 0. The van der Waals surface area contributed by atoms with Crippen LogP contribution in [0.15, 0.2) is 30.3 Å². The smallest absolute Gasteiger partial charge is 0.264 e. The Balaban J connectivity index is 2.93. The van der Waals surface area contributed by atoms with Crippen molar-refractivity contribution in [3.63, 3.8) is 0 Å². The van der Waals surface area contributed by atoms with Crippen molar-refractivity contribution in [2.75, 3.05) is 0 Å². The molecular formula is C9H13OSi. The lowest BCUT2D eigenvalue weighted by Gasteiger charge is -2.14. The summed E-state index contributed by atoms with van der Waals surface area (Å²) in [7, 11) is -2.30. The molecule has 0 fully saturated rings. The molecule has 1 aromatic rings. The highest BCUT2D eigenvalue weighted by molar-refractivity contribution is 6.83. The van der Waals surface area contributed by atoms with Gasteiger partial charge in [-0.1, -0.05) is 37.3 Å². The normalized spacial score (nSPS) is 15.9. The molecule has 0 saturated heterocycles. The molecule has 0 N–H and O–H groups in total. The Morgan fingerprint density at radius 3 is 2.27 bits per heavy atom. The van der Waals surface area contributed by atoms with Crippen LogP contribution in [0.4, 0.5) is 0 Å². The van der Waals surface area contributed by atoms with Gasteiger partial charge in [-0.25, -0.2) is 0 Å². The molecule has 0 aliphatic carbocycles. The fourth-order valence-corrected chi connectivity index (χ4v) is 2.30. The van der Waals surface area contributed by atoms with Crippen LogP contribution in [0.2, 0.25) is 12.6 Å². The molecule has 2 heteroatoms. The lowest BCUT2D eigenvalue weighted by Crippen LogP contribution is -2.42. The van der Waals surface area contributed by atoms with Crippen molar-refractivity contribution in [3.05, 3.63) is 30.3 Å². The molecule has 1 aromatic carbocycles. The minimum atomic E-state index is -2.30. The Hall–Kier alpha value is -0.603. The van der Waals surface area contributed by atoms with Crippen molar-refractivity contribution in [2.45, 2.75) is 19.5 Å². The summed E-state index contributed by atoms with van der Waals surface area (Å²) >= 11 is 0. The van der Waals surface area contributed by atoms with Crippen LogP contribution >= 0.6 is 0 Å². The zero-order valence-electron chi connectivity index (χ0n) is 7.00. The van der Waals surface area contributed by atoms with Gasteiger partial charge in [-0.15, -0.1) is 0 Å². The highest BCUT2D eigenvalue weighted by Gasteiger charge is 2.26. The van der Waals surface area contributed by atoms with E-state index in [1.165, 1.54) is 0 Å². The Bertz CT molecular complexity index is 218. The lowest BCUT2D eigenvalue weighted by molar-refractivity contribution is 0.436. The van der Waals surface area contributed by atoms with Crippen LogP contribution in [-0.2, 0) is 4.80 Å². The predicted molar refractivity (Wildman–Crippen MR) is 48.9 cm³/mol. The average Bonchev–Trinajstić information content (AvgIpc) is 2.06. The zero-order valence-corrected chi connectivity index (χ0v) is 8.00. The summed E-state index contributed by atoms with van der Waals surface area (Å²) in [6, 6.07) is 10.5. The second kappa shape index (κ2) is 3.20. The van der Waals surface area contributed by atoms with Gasteiger partial charge in [0.2, 0.25) is 0 Å². The van der Waals surface area contributed by atoms with E-state index in [2.05, 4.69) is 0 Å². The zero-order chi connectivity index (χ0) is 8.32. The molecule has 0 spiro atoms. The summed E-state index contributed by atoms with van der Waals surface area (Å²) in [5.41, 5.74) is 0. The third kappa shape index (κ3) is 1.91. The molecule has 0 bridgehead atoms. The summed E-state index contributed by atoms with van der Waals surface area (Å²) in [6.45, 7) is 3.84. The Kier molecular flexibility index (Phi) is 2.47. The van der Waals surface area contributed by atoms with Crippen LogP contribution in [0.3, 0.4) is 0 Å². The van der Waals surface area contributed by atoms with E-state index >= 15 is 0 Å². The van der Waals surface area contributed by atoms with Gasteiger partial charge in [0.05, 0.1) is 0 Å². The van der Waals surface area contributed by atoms with E-state index < -0.39 is 8.32 Å². The molecule has 0 heterocycles. The second-order valence-corrected chi connectivity index (χ2v) is 6.70. The Labute approximate surface area is 68.8 Å². The van der Waals surface area contributed by atoms with Gasteiger partial charge in [-0.05, 0) is 17.8 Å². The SMILES string of the molecule is CC[Si](C)([O])c1ccccc1. The molecular weight excluding hydrogens is 152 g/mol. The molecule has 59 valence electrons. The maximum atomic E-state index is 11.8. The average molecular weight is 165 g/mol. The third-order valence-electron chi connectivity index (χ3n) is 2.06. The molecule has 0 amide bonds. The number of hydrogen-bond donors (Lipinski definition) is 0. The van der Waals surface area contributed by atoms with Gasteiger partial charge < -0.3 is 0 Å². The fraction of sp³-hybridized carbons (Fsp3) is 0.333. The summed E-state index contributed by atoms with van der Waals surface area (Å²) in [6.07, 6.45) is 0. The molecule has 0 aromatic heterocycles. The first kappa shape index (κ1) is 8.49. The van der Waals surface area contributed by atoms with Crippen molar-refractivity contribution in [1.29, 1.82) is 0 Å². The Morgan fingerprint density at radius 1 is 1.27 bits per heavy atom.